The van der Waals surface area contributed by atoms with Crippen molar-refractivity contribution in [2.45, 2.75) is 31.5 Å². The van der Waals surface area contributed by atoms with Gasteiger partial charge in [-0.2, -0.15) is 0 Å². The van der Waals surface area contributed by atoms with Crippen molar-refractivity contribution in [3.05, 3.63) is 25.3 Å². The van der Waals surface area contributed by atoms with Gasteiger partial charge in [0.25, 0.3) is 0 Å². The van der Waals surface area contributed by atoms with Gasteiger partial charge < -0.3 is 9.84 Å². The summed E-state index contributed by atoms with van der Waals surface area (Å²) in [5.74, 6) is 2.37. The number of rotatable bonds is 7. The predicted octanol–water partition coefficient (Wildman–Crippen LogP) is 1.91. The Hall–Kier alpha value is -1.04. The maximum atomic E-state index is 10.2. The van der Waals surface area contributed by atoms with Crippen LogP contribution in [0.15, 0.2) is 25.3 Å². The van der Waals surface area contributed by atoms with Gasteiger partial charge in [-0.25, -0.2) is 0 Å². The van der Waals surface area contributed by atoms with Crippen LogP contribution in [-0.2, 0) is 4.74 Å². The quantitative estimate of drug-likeness (QED) is 0.495. The first-order chi connectivity index (χ1) is 6.60. The van der Waals surface area contributed by atoms with Gasteiger partial charge in [-0.1, -0.05) is 18.1 Å². The summed E-state index contributed by atoms with van der Waals surface area (Å²) < 4.78 is 5.28. The molecule has 0 heterocycles. The predicted molar refractivity (Wildman–Crippen MR) is 58.8 cm³/mol. The van der Waals surface area contributed by atoms with Crippen LogP contribution in [0.3, 0.4) is 0 Å². The summed E-state index contributed by atoms with van der Waals surface area (Å²) in [5.41, 5.74) is -0.944. The molecular formula is C12H18O2. The van der Waals surface area contributed by atoms with E-state index in [1.165, 1.54) is 0 Å². The number of terminal acetylenes is 1. The van der Waals surface area contributed by atoms with E-state index in [1.807, 2.05) is 0 Å². The molecular weight excluding hydrogens is 176 g/mol. The highest BCUT2D eigenvalue weighted by molar-refractivity contribution is 4.97. The Balaban J connectivity index is 4.37. The van der Waals surface area contributed by atoms with E-state index in [0.717, 1.165) is 0 Å². The van der Waals surface area contributed by atoms with Gasteiger partial charge in [-0.05, 0) is 19.8 Å². The van der Waals surface area contributed by atoms with E-state index in [2.05, 4.69) is 19.1 Å². The summed E-state index contributed by atoms with van der Waals surface area (Å²) in [4.78, 5) is 0. The summed E-state index contributed by atoms with van der Waals surface area (Å²) in [5, 5.41) is 10.2. The van der Waals surface area contributed by atoms with E-state index in [9.17, 15) is 5.11 Å². The fourth-order valence-electron chi connectivity index (χ4n) is 1.24. The van der Waals surface area contributed by atoms with Gasteiger partial charge >= 0.3 is 0 Å². The Kier molecular flexibility index (Phi) is 5.94. The van der Waals surface area contributed by atoms with Crippen molar-refractivity contribution in [3.63, 3.8) is 0 Å². The van der Waals surface area contributed by atoms with Crippen molar-refractivity contribution in [1.82, 2.24) is 0 Å². The lowest BCUT2D eigenvalue weighted by atomic mass is 9.90. The van der Waals surface area contributed by atoms with E-state index in [0.29, 0.717) is 12.8 Å². The zero-order valence-electron chi connectivity index (χ0n) is 8.70. The average Bonchev–Trinajstić information content (AvgIpc) is 2.15. The molecule has 0 saturated heterocycles. The second kappa shape index (κ2) is 6.42. The zero-order valence-corrected chi connectivity index (χ0v) is 8.70. The molecule has 0 bridgehead atoms. The minimum atomic E-state index is -0.944. The molecule has 0 rings (SSSR count). The van der Waals surface area contributed by atoms with Crippen LogP contribution in [0.4, 0.5) is 0 Å². The molecule has 2 nitrogen and oxygen atoms in total. The maximum absolute atomic E-state index is 10.2. The maximum Gasteiger partial charge on any atom is 0.107 e. The van der Waals surface area contributed by atoms with E-state index in [-0.39, 0.29) is 12.7 Å². The molecule has 1 N–H and O–H groups in total. The number of aliphatic hydroxyl groups is 1. The highest BCUT2D eigenvalue weighted by Crippen LogP contribution is 2.23. The third-order valence-corrected chi connectivity index (χ3v) is 2.17. The molecule has 0 aromatic heterocycles. The molecule has 2 heteroatoms. The molecule has 0 amide bonds. The van der Waals surface area contributed by atoms with Crippen molar-refractivity contribution in [2.75, 3.05) is 6.61 Å². The molecule has 0 aliphatic heterocycles. The summed E-state index contributed by atoms with van der Waals surface area (Å²) in [7, 11) is 0. The van der Waals surface area contributed by atoms with Crippen LogP contribution >= 0.6 is 0 Å². The Morgan fingerprint density at radius 3 is 2.36 bits per heavy atom. The molecule has 0 aromatic rings. The monoisotopic (exact) mass is 194 g/mol. The summed E-state index contributed by atoms with van der Waals surface area (Å²) in [6, 6.07) is 0. The normalized spacial score (nSPS) is 12.9. The van der Waals surface area contributed by atoms with E-state index in [4.69, 9.17) is 11.2 Å². The van der Waals surface area contributed by atoms with Gasteiger partial charge in [-0.15, -0.1) is 19.6 Å². The van der Waals surface area contributed by atoms with E-state index >= 15 is 0 Å². The highest BCUT2D eigenvalue weighted by atomic mass is 16.5. The average molecular weight is 194 g/mol. The van der Waals surface area contributed by atoms with Crippen molar-refractivity contribution in [1.29, 1.82) is 0 Å². The van der Waals surface area contributed by atoms with Crippen LogP contribution in [0.25, 0.3) is 0 Å². The minimum absolute atomic E-state index is 0.206. The number of hydrogen-bond donors (Lipinski definition) is 1. The summed E-state index contributed by atoms with van der Waals surface area (Å²) in [6.07, 6.45) is 9.00. The SMILES string of the molecule is C#CCO[C@H](C)C(O)(CC=C)CC=C. The minimum Gasteiger partial charge on any atom is -0.387 e. The Morgan fingerprint density at radius 1 is 1.50 bits per heavy atom. The first-order valence-electron chi connectivity index (χ1n) is 4.60. The van der Waals surface area contributed by atoms with Crippen molar-refractivity contribution in [3.8, 4) is 12.3 Å². The lowest BCUT2D eigenvalue weighted by Gasteiger charge is -2.31. The van der Waals surface area contributed by atoms with Gasteiger partial charge in [0, 0.05) is 0 Å². The summed E-state index contributed by atoms with van der Waals surface area (Å²) >= 11 is 0. The summed E-state index contributed by atoms with van der Waals surface area (Å²) in [6.45, 7) is 9.20. The second-order valence-electron chi connectivity index (χ2n) is 3.25. The van der Waals surface area contributed by atoms with Crippen LogP contribution in [0, 0.1) is 12.3 Å². The van der Waals surface area contributed by atoms with Crippen molar-refractivity contribution < 1.29 is 9.84 Å². The van der Waals surface area contributed by atoms with E-state index < -0.39 is 5.60 Å². The first-order valence-corrected chi connectivity index (χ1v) is 4.60. The van der Waals surface area contributed by atoms with Crippen molar-refractivity contribution in [2.24, 2.45) is 0 Å². The first kappa shape index (κ1) is 13.0. The van der Waals surface area contributed by atoms with Gasteiger partial charge in [0.1, 0.15) is 6.61 Å². The zero-order chi connectivity index (χ0) is 11.0. The van der Waals surface area contributed by atoms with E-state index in [1.54, 1.807) is 19.1 Å². The molecule has 0 saturated carbocycles. The highest BCUT2D eigenvalue weighted by Gasteiger charge is 2.31. The second-order valence-corrected chi connectivity index (χ2v) is 3.25. The molecule has 78 valence electrons. The lowest BCUT2D eigenvalue weighted by Crippen LogP contribution is -2.41. The van der Waals surface area contributed by atoms with Crippen LogP contribution in [0.2, 0.25) is 0 Å². The topological polar surface area (TPSA) is 29.5 Å². The van der Waals surface area contributed by atoms with Crippen LogP contribution in [0.1, 0.15) is 19.8 Å². The largest absolute Gasteiger partial charge is 0.387 e. The van der Waals surface area contributed by atoms with Crippen molar-refractivity contribution >= 4 is 0 Å². The van der Waals surface area contributed by atoms with Crippen LogP contribution < -0.4 is 0 Å². The van der Waals surface area contributed by atoms with Gasteiger partial charge in [0.2, 0.25) is 0 Å². The van der Waals surface area contributed by atoms with Gasteiger partial charge in [0.15, 0.2) is 0 Å². The molecule has 1 atom stereocenters. The van der Waals surface area contributed by atoms with Gasteiger partial charge in [0.05, 0.1) is 11.7 Å². The standard InChI is InChI=1S/C12H18O2/c1-5-8-12(13,9-6-2)11(4)14-10-7-3/h3,5-6,11,13H,1-2,8-10H2,4H3/t11-/m1/s1. The molecule has 0 aliphatic rings. The Morgan fingerprint density at radius 2 is 2.00 bits per heavy atom. The third kappa shape index (κ3) is 3.78. The van der Waals surface area contributed by atoms with Gasteiger partial charge in [-0.3, -0.25) is 0 Å². The molecule has 0 radical (unpaired) electrons. The Bertz CT molecular complexity index is 215. The molecule has 0 fully saturated rings. The van der Waals surface area contributed by atoms with Crippen LogP contribution in [0.5, 0.6) is 0 Å². The number of hydrogen-bond acceptors (Lipinski definition) is 2. The third-order valence-electron chi connectivity index (χ3n) is 2.17. The lowest BCUT2D eigenvalue weighted by molar-refractivity contribution is -0.0887. The fourth-order valence-corrected chi connectivity index (χ4v) is 1.24. The number of ether oxygens (including phenoxy) is 1. The smallest absolute Gasteiger partial charge is 0.107 e. The fraction of sp³-hybridized carbons (Fsp3) is 0.500. The Labute approximate surface area is 86.3 Å². The molecule has 0 unspecified atom stereocenters. The molecule has 0 spiro atoms. The molecule has 14 heavy (non-hydrogen) atoms. The molecule has 0 aliphatic carbocycles. The molecule has 0 aromatic carbocycles. The van der Waals surface area contributed by atoms with Crippen LogP contribution in [-0.4, -0.2) is 23.4 Å².